The van der Waals surface area contributed by atoms with E-state index >= 15 is 0 Å². The molecule has 1 saturated carbocycles. The third kappa shape index (κ3) is 4.30. The van der Waals surface area contributed by atoms with E-state index in [9.17, 15) is 0 Å². The summed E-state index contributed by atoms with van der Waals surface area (Å²) in [6.45, 7) is 8.89. The van der Waals surface area contributed by atoms with E-state index in [1.165, 1.54) is 51.4 Å². The molecular weight excluding hydrogens is 168 g/mol. The molecule has 82 valence electrons. The van der Waals surface area contributed by atoms with Crippen LogP contribution in [0.25, 0.3) is 0 Å². The van der Waals surface area contributed by atoms with E-state index in [0.29, 0.717) is 0 Å². The Bertz CT molecular complexity index is 161. The van der Waals surface area contributed by atoms with Gasteiger partial charge in [-0.05, 0) is 37.5 Å². The Hall–Kier alpha value is -0.260. The first-order valence-electron chi connectivity index (χ1n) is 6.38. The average Bonchev–Trinajstić information content (AvgIpc) is 2.18. The minimum Gasteiger partial charge on any atom is -0.0996 e. The maximum absolute atomic E-state index is 4.28. The second-order valence-electron chi connectivity index (χ2n) is 5.28. The summed E-state index contributed by atoms with van der Waals surface area (Å²) in [4.78, 5) is 0. The maximum Gasteiger partial charge on any atom is -0.0206 e. The average molecular weight is 194 g/mol. The topological polar surface area (TPSA) is 0 Å². The normalized spacial score (nSPS) is 18.8. The molecule has 0 bridgehead atoms. The van der Waals surface area contributed by atoms with Crippen molar-refractivity contribution in [2.45, 2.75) is 65.2 Å². The van der Waals surface area contributed by atoms with Gasteiger partial charge >= 0.3 is 0 Å². The van der Waals surface area contributed by atoms with Gasteiger partial charge in [0, 0.05) is 0 Å². The van der Waals surface area contributed by atoms with E-state index in [1.807, 2.05) is 0 Å². The van der Waals surface area contributed by atoms with Crippen molar-refractivity contribution < 1.29 is 0 Å². The molecule has 14 heavy (non-hydrogen) atoms. The third-order valence-electron chi connectivity index (χ3n) is 3.46. The Morgan fingerprint density at radius 2 is 1.86 bits per heavy atom. The van der Waals surface area contributed by atoms with Crippen LogP contribution in [0, 0.1) is 11.8 Å². The zero-order valence-corrected chi connectivity index (χ0v) is 10.0. The zero-order chi connectivity index (χ0) is 10.4. The van der Waals surface area contributed by atoms with Crippen LogP contribution in [0.1, 0.15) is 65.2 Å². The summed E-state index contributed by atoms with van der Waals surface area (Å²) in [5.41, 5.74) is 1.55. The second-order valence-corrected chi connectivity index (χ2v) is 5.28. The summed E-state index contributed by atoms with van der Waals surface area (Å²) >= 11 is 0. The lowest BCUT2D eigenvalue weighted by Crippen LogP contribution is -2.08. The van der Waals surface area contributed by atoms with Gasteiger partial charge in [0.05, 0.1) is 0 Å². The van der Waals surface area contributed by atoms with Gasteiger partial charge in [0.1, 0.15) is 0 Å². The van der Waals surface area contributed by atoms with Gasteiger partial charge in [0.25, 0.3) is 0 Å². The Morgan fingerprint density at radius 1 is 1.21 bits per heavy atom. The van der Waals surface area contributed by atoms with E-state index in [-0.39, 0.29) is 0 Å². The van der Waals surface area contributed by atoms with Crippen LogP contribution >= 0.6 is 0 Å². The molecule has 0 radical (unpaired) electrons. The van der Waals surface area contributed by atoms with Gasteiger partial charge in [-0.25, -0.2) is 0 Å². The van der Waals surface area contributed by atoms with Gasteiger partial charge in [-0.2, -0.15) is 0 Å². The quantitative estimate of drug-likeness (QED) is 0.543. The summed E-state index contributed by atoms with van der Waals surface area (Å²) < 4.78 is 0. The molecule has 1 fully saturated rings. The molecule has 0 saturated heterocycles. The van der Waals surface area contributed by atoms with Crippen LogP contribution in [0.3, 0.4) is 0 Å². The van der Waals surface area contributed by atoms with Gasteiger partial charge in [-0.15, -0.1) is 0 Å². The fourth-order valence-corrected chi connectivity index (χ4v) is 2.45. The molecule has 1 aliphatic carbocycles. The Labute approximate surface area is 89.8 Å². The first kappa shape index (κ1) is 11.8. The van der Waals surface area contributed by atoms with Crippen molar-refractivity contribution in [2.24, 2.45) is 11.8 Å². The van der Waals surface area contributed by atoms with Crippen LogP contribution in [-0.2, 0) is 0 Å². The lowest BCUT2D eigenvalue weighted by Gasteiger charge is -2.23. The molecule has 1 aliphatic rings. The molecule has 0 aliphatic heterocycles. The van der Waals surface area contributed by atoms with Gasteiger partial charge in [-0.3, -0.25) is 0 Å². The summed E-state index contributed by atoms with van der Waals surface area (Å²) in [7, 11) is 0. The summed E-state index contributed by atoms with van der Waals surface area (Å²) in [5, 5.41) is 0. The monoisotopic (exact) mass is 194 g/mol. The van der Waals surface area contributed by atoms with Crippen molar-refractivity contribution in [3.63, 3.8) is 0 Å². The molecule has 0 unspecified atom stereocenters. The number of hydrogen-bond acceptors (Lipinski definition) is 0. The number of rotatable bonds is 5. The summed E-state index contributed by atoms with van der Waals surface area (Å²) in [6, 6.07) is 0. The van der Waals surface area contributed by atoms with E-state index in [4.69, 9.17) is 0 Å². The van der Waals surface area contributed by atoms with Gasteiger partial charge in [0.2, 0.25) is 0 Å². The van der Waals surface area contributed by atoms with Crippen molar-refractivity contribution in [3.8, 4) is 0 Å². The largest absolute Gasteiger partial charge is 0.0996 e. The highest BCUT2D eigenvalue weighted by molar-refractivity contribution is 5.01. The highest BCUT2D eigenvalue weighted by atomic mass is 14.2. The predicted octanol–water partition coefficient (Wildman–Crippen LogP) is 4.95. The molecule has 0 atom stereocenters. The van der Waals surface area contributed by atoms with Crippen molar-refractivity contribution in [1.82, 2.24) is 0 Å². The molecular formula is C14H26. The van der Waals surface area contributed by atoms with Crippen LogP contribution in [0.2, 0.25) is 0 Å². The highest BCUT2D eigenvalue weighted by Crippen LogP contribution is 2.31. The third-order valence-corrected chi connectivity index (χ3v) is 3.46. The van der Waals surface area contributed by atoms with Crippen LogP contribution in [0.4, 0.5) is 0 Å². The molecule has 1 rings (SSSR count). The maximum atomic E-state index is 4.28. The molecule has 0 spiro atoms. The SMILES string of the molecule is C=C(CCCC(C)C)C1CCCCC1. The second kappa shape index (κ2) is 6.27. The summed E-state index contributed by atoms with van der Waals surface area (Å²) in [5.74, 6) is 1.73. The Morgan fingerprint density at radius 3 is 2.43 bits per heavy atom. The predicted molar refractivity (Wildman–Crippen MR) is 64.4 cm³/mol. The first-order valence-corrected chi connectivity index (χ1v) is 6.38. The van der Waals surface area contributed by atoms with Crippen LogP contribution < -0.4 is 0 Å². The fraction of sp³-hybridized carbons (Fsp3) is 0.857. The van der Waals surface area contributed by atoms with E-state index < -0.39 is 0 Å². The highest BCUT2D eigenvalue weighted by Gasteiger charge is 2.15. The van der Waals surface area contributed by atoms with Gasteiger partial charge in [0.15, 0.2) is 0 Å². The minimum atomic E-state index is 0.856. The van der Waals surface area contributed by atoms with Crippen molar-refractivity contribution >= 4 is 0 Å². The van der Waals surface area contributed by atoms with Crippen molar-refractivity contribution in [3.05, 3.63) is 12.2 Å². The molecule has 0 aromatic carbocycles. The lowest BCUT2D eigenvalue weighted by molar-refractivity contribution is 0.391. The summed E-state index contributed by atoms with van der Waals surface area (Å²) in [6.07, 6.45) is 11.2. The smallest absolute Gasteiger partial charge is 0.0206 e. The zero-order valence-electron chi connectivity index (χ0n) is 10.0. The number of allylic oxidation sites excluding steroid dienone is 1. The first-order chi connectivity index (χ1) is 6.70. The Kier molecular flexibility index (Phi) is 5.29. The van der Waals surface area contributed by atoms with E-state index in [0.717, 1.165) is 11.8 Å². The van der Waals surface area contributed by atoms with Gasteiger partial charge < -0.3 is 0 Å². The molecule has 0 heterocycles. The molecule has 0 amide bonds. The van der Waals surface area contributed by atoms with Crippen molar-refractivity contribution in [1.29, 1.82) is 0 Å². The standard InChI is InChI=1S/C14H26/c1-12(2)8-7-9-13(3)14-10-5-4-6-11-14/h12,14H,3-11H2,1-2H3. The minimum absolute atomic E-state index is 0.856. The van der Waals surface area contributed by atoms with E-state index in [2.05, 4.69) is 20.4 Å². The molecule has 0 aromatic rings. The molecule has 0 heteroatoms. The molecule has 0 nitrogen and oxygen atoms in total. The van der Waals surface area contributed by atoms with Crippen LogP contribution in [0.15, 0.2) is 12.2 Å². The van der Waals surface area contributed by atoms with Gasteiger partial charge in [-0.1, -0.05) is 51.7 Å². The molecule has 0 aromatic heterocycles. The lowest BCUT2D eigenvalue weighted by atomic mass is 9.82. The van der Waals surface area contributed by atoms with Crippen molar-refractivity contribution in [2.75, 3.05) is 0 Å². The van der Waals surface area contributed by atoms with Crippen LogP contribution in [-0.4, -0.2) is 0 Å². The molecule has 0 N–H and O–H groups in total. The Balaban J connectivity index is 2.13. The number of hydrogen-bond donors (Lipinski definition) is 0. The van der Waals surface area contributed by atoms with Crippen LogP contribution in [0.5, 0.6) is 0 Å². The van der Waals surface area contributed by atoms with E-state index in [1.54, 1.807) is 5.57 Å². The fourth-order valence-electron chi connectivity index (χ4n) is 2.45.